The monoisotopic (exact) mass is 326 g/mol. The lowest BCUT2D eigenvalue weighted by Gasteiger charge is -2.37. The van der Waals surface area contributed by atoms with E-state index in [0.29, 0.717) is 6.04 Å². The number of primary amides is 1. The lowest BCUT2D eigenvalue weighted by atomic mass is 9.98. The second-order valence-corrected chi connectivity index (χ2v) is 6.06. The molecule has 3 amide bonds. The Labute approximate surface area is 141 Å². The number of urea groups is 1. The maximum absolute atomic E-state index is 12.5. The minimum absolute atomic E-state index is 0.367. The predicted molar refractivity (Wildman–Crippen MR) is 91.2 cm³/mol. The molecule has 1 fully saturated rings. The van der Waals surface area contributed by atoms with Gasteiger partial charge in [-0.25, -0.2) is 4.79 Å². The highest BCUT2D eigenvalue weighted by molar-refractivity contribution is 5.96. The van der Waals surface area contributed by atoms with Gasteiger partial charge in [-0.2, -0.15) is 0 Å². The first-order valence-corrected chi connectivity index (χ1v) is 8.17. The number of carbonyl (C=O) groups is 2. The van der Waals surface area contributed by atoms with E-state index in [1.807, 2.05) is 42.5 Å². The lowest BCUT2D eigenvalue weighted by Crippen LogP contribution is -2.47. The molecule has 0 saturated carbocycles. The third kappa shape index (κ3) is 3.65. The molecule has 2 aromatic rings. The van der Waals surface area contributed by atoms with Crippen LogP contribution < -0.4 is 11.1 Å². The molecule has 3 rings (SSSR count). The van der Waals surface area contributed by atoms with Crippen molar-refractivity contribution in [3.8, 4) is 0 Å². The zero-order chi connectivity index (χ0) is 16.9. The Morgan fingerprint density at radius 3 is 2.25 bits per heavy atom. The fraction of sp³-hybridized carbons (Fsp3) is 0.333. The number of aromatic nitrogens is 1. The molecule has 0 radical (unpaired) electrons. The number of hydrogen-bond acceptors (Lipinski definition) is 3. The van der Waals surface area contributed by atoms with Crippen molar-refractivity contribution < 1.29 is 9.59 Å². The van der Waals surface area contributed by atoms with Crippen LogP contribution in [-0.4, -0.2) is 34.5 Å². The molecular weight excluding hydrogens is 304 g/mol. The molecule has 0 aliphatic carbocycles. The molecule has 1 saturated heterocycles. The van der Waals surface area contributed by atoms with Crippen LogP contribution in [0.1, 0.15) is 30.5 Å². The zero-order valence-corrected chi connectivity index (χ0v) is 13.5. The van der Waals surface area contributed by atoms with Gasteiger partial charge in [0.1, 0.15) is 6.04 Å². The van der Waals surface area contributed by atoms with Gasteiger partial charge in [0.2, 0.25) is 5.91 Å². The van der Waals surface area contributed by atoms with Gasteiger partial charge in [-0.15, -0.1) is 0 Å². The number of imide groups is 1. The molecule has 1 aliphatic heterocycles. The van der Waals surface area contributed by atoms with E-state index in [1.165, 1.54) is 0 Å². The van der Waals surface area contributed by atoms with Crippen molar-refractivity contribution in [2.75, 3.05) is 13.1 Å². The fourth-order valence-corrected chi connectivity index (χ4v) is 3.39. The van der Waals surface area contributed by atoms with Gasteiger partial charge in [0, 0.05) is 31.5 Å². The van der Waals surface area contributed by atoms with Crippen molar-refractivity contribution in [1.82, 2.24) is 14.8 Å². The number of nitrogens with two attached hydrogens (primary N) is 1. The smallest absolute Gasteiger partial charge is 0.318 e. The summed E-state index contributed by atoms with van der Waals surface area (Å²) in [5, 5.41) is 2.23. The molecule has 1 aliphatic rings. The molecule has 6 heteroatoms. The number of hydrogen-bond donors (Lipinski definition) is 2. The molecule has 0 bridgehead atoms. The minimum atomic E-state index is -0.817. The topological polar surface area (TPSA) is 80.4 Å². The maximum atomic E-state index is 12.5. The van der Waals surface area contributed by atoms with E-state index in [9.17, 15) is 9.59 Å². The van der Waals surface area contributed by atoms with Crippen LogP contribution >= 0.6 is 0 Å². The minimum Gasteiger partial charge on any atom is -0.351 e. The van der Waals surface area contributed by atoms with Gasteiger partial charge in [0.25, 0.3) is 0 Å². The highest BCUT2D eigenvalue weighted by atomic mass is 16.2. The van der Waals surface area contributed by atoms with E-state index in [1.54, 1.807) is 0 Å². The van der Waals surface area contributed by atoms with E-state index in [-0.39, 0.29) is 5.91 Å². The Bertz CT molecular complexity index is 676. The standard InChI is InChI=1S/C18H22N4O2/c19-18(24)20-17(23)16(14-6-2-1-3-7-14)22-12-8-15(9-13-22)21-10-4-5-11-21/h1-7,10-11,15-16H,8-9,12-13H2,(H3,19,20,23,24)/t16-/m1/s1. The van der Waals surface area contributed by atoms with E-state index in [2.05, 4.69) is 27.2 Å². The second-order valence-electron chi connectivity index (χ2n) is 6.06. The molecule has 126 valence electrons. The van der Waals surface area contributed by atoms with Gasteiger partial charge >= 0.3 is 6.03 Å². The van der Waals surface area contributed by atoms with Crippen molar-refractivity contribution in [3.05, 3.63) is 60.4 Å². The molecule has 1 aromatic carbocycles. The summed E-state index contributed by atoms with van der Waals surface area (Å²) in [6.45, 7) is 1.57. The fourth-order valence-electron chi connectivity index (χ4n) is 3.39. The van der Waals surface area contributed by atoms with Crippen molar-refractivity contribution in [3.63, 3.8) is 0 Å². The van der Waals surface area contributed by atoms with Crippen LogP contribution in [-0.2, 0) is 4.79 Å². The molecule has 6 nitrogen and oxygen atoms in total. The number of amides is 3. The summed E-state index contributed by atoms with van der Waals surface area (Å²) in [6.07, 6.45) is 6.08. The summed E-state index contributed by atoms with van der Waals surface area (Å²) in [6, 6.07) is 12.7. The van der Waals surface area contributed by atoms with E-state index < -0.39 is 12.1 Å². The van der Waals surface area contributed by atoms with E-state index in [4.69, 9.17) is 5.73 Å². The summed E-state index contributed by atoms with van der Waals surface area (Å²) < 4.78 is 2.22. The Kier molecular flexibility index (Phi) is 4.96. The average Bonchev–Trinajstić information content (AvgIpc) is 3.10. The van der Waals surface area contributed by atoms with Crippen molar-refractivity contribution in [2.45, 2.75) is 24.9 Å². The Balaban J connectivity index is 1.74. The summed E-state index contributed by atoms with van der Waals surface area (Å²) in [7, 11) is 0. The summed E-state index contributed by atoms with van der Waals surface area (Å²) >= 11 is 0. The van der Waals surface area contributed by atoms with Crippen LogP contribution in [0.15, 0.2) is 54.9 Å². The molecule has 1 atom stereocenters. The number of carbonyl (C=O) groups excluding carboxylic acids is 2. The van der Waals surface area contributed by atoms with E-state index in [0.717, 1.165) is 31.5 Å². The van der Waals surface area contributed by atoms with Crippen LogP contribution in [0.4, 0.5) is 4.79 Å². The van der Waals surface area contributed by atoms with Gasteiger partial charge in [0.05, 0.1) is 0 Å². The first-order chi connectivity index (χ1) is 11.6. The molecule has 0 spiro atoms. The largest absolute Gasteiger partial charge is 0.351 e. The molecule has 0 unspecified atom stereocenters. The van der Waals surface area contributed by atoms with Gasteiger partial charge in [0.15, 0.2) is 0 Å². The van der Waals surface area contributed by atoms with Crippen molar-refractivity contribution >= 4 is 11.9 Å². The first-order valence-electron chi connectivity index (χ1n) is 8.17. The number of likely N-dealkylation sites (tertiary alicyclic amines) is 1. The predicted octanol–water partition coefficient (Wildman–Crippen LogP) is 2.06. The Hall–Kier alpha value is -2.60. The maximum Gasteiger partial charge on any atom is 0.318 e. The van der Waals surface area contributed by atoms with Crippen LogP contribution in [0.2, 0.25) is 0 Å². The summed E-state index contributed by atoms with van der Waals surface area (Å²) in [4.78, 5) is 25.7. The van der Waals surface area contributed by atoms with E-state index >= 15 is 0 Å². The van der Waals surface area contributed by atoms with Crippen molar-refractivity contribution in [2.24, 2.45) is 5.73 Å². The number of rotatable bonds is 4. The number of benzene rings is 1. The first kappa shape index (κ1) is 16.3. The van der Waals surface area contributed by atoms with Gasteiger partial charge in [-0.05, 0) is 30.5 Å². The average molecular weight is 326 g/mol. The SMILES string of the molecule is NC(=O)NC(=O)[C@@H](c1ccccc1)N1CCC(n2cccc2)CC1. The van der Waals surface area contributed by atoms with Crippen LogP contribution in [0.5, 0.6) is 0 Å². The third-order valence-electron chi connectivity index (χ3n) is 4.52. The molecule has 1 aromatic heterocycles. The zero-order valence-electron chi connectivity index (χ0n) is 13.5. The second kappa shape index (κ2) is 7.31. The highest BCUT2D eigenvalue weighted by Gasteiger charge is 2.31. The van der Waals surface area contributed by atoms with Gasteiger partial charge in [-0.1, -0.05) is 30.3 Å². The summed E-state index contributed by atoms with van der Waals surface area (Å²) in [5.41, 5.74) is 6.00. The van der Waals surface area contributed by atoms with Gasteiger partial charge < -0.3 is 10.3 Å². The van der Waals surface area contributed by atoms with Crippen LogP contribution in [0, 0.1) is 0 Å². The van der Waals surface area contributed by atoms with Crippen molar-refractivity contribution in [1.29, 1.82) is 0 Å². The third-order valence-corrected chi connectivity index (χ3v) is 4.52. The number of nitrogens with zero attached hydrogens (tertiary/aromatic N) is 2. The molecule has 2 heterocycles. The number of piperidine rings is 1. The Morgan fingerprint density at radius 1 is 1.04 bits per heavy atom. The quantitative estimate of drug-likeness (QED) is 0.902. The molecule has 24 heavy (non-hydrogen) atoms. The highest BCUT2D eigenvalue weighted by Crippen LogP contribution is 2.29. The van der Waals surface area contributed by atoms with Crippen LogP contribution in [0.3, 0.4) is 0 Å². The molecule has 3 N–H and O–H groups in total. The normalized spacial score (nSPS) is 17.3. The molecular formula is C18H22N4O2. The lowest BCUT2D eigenvalue weighted by molar-refractivity contribution is -0.126. The number of nitrogens with one attached hydrogen (secondary N) is 1. The summed E-state index contributed by atoms with van der Waals surface area (Å²) in [5.74, 6) is -0.367. The van der Waals surface area contributed by atoms with Gasteiger partial charge in [-0.3, -0.25) is 15.0 Å². The Morgan fingerprint density at radius 2 is 1.67 bits per heavy atom. The van der Waals surface area contributed by atoms with Crippen LogP contribution in [0.25, 0.3) is 0 Å².